The molecular weight excluding hydrogens is 208 g/mol. The highest BCUT2D eigenvalue weighted by Gasteiger charge is 2.28. The van der Waals surface area contributed by atoms with Crippen LogP contribution in [-0.2, 0) is 19.1 Å². The molecule has 0 aliphatic heterocycles. The summed E-state index contributed by atoms with van der Waals surface area (Å²) in [5.41, 5.74) is 0. The van der Waals surface area contributed by atoms with E-state index in [0.717, 1.165) is 6.42 Å². The molecule has 16 heavy (non-hydrogen) atoms. The summed E-state index contributed by atoms with van der Waals surface area (Å²) in [5.74, 6) is -1.74. The molecule has 0 aromatic carbocycles. The molecule has 4 heteroatoms. The summed E-state index contributed by atoms with van der Waals surface area (Å²) in [6.45, 7) is 3.75. The largest absolute Gasteiger partial charge is 0.468 e. The molecule has 0 spiro atoms. The number of methoxy groups -OCH3 is 1. The molecule has 0 amide bonds. The van der Waals surface area contributed by atoms with E-state index in [-0.39, 0.29) is 18.0 Å². The van der Waals surface area contributed by atoms with Gasteiger partial charge in [-0.25, -0.2) is 0 Å². The molecule has 0 bridgehead atoms. The fourth-order valence-corrected chi connectivity index (χ4v) is 1.50. The Morgan fingerprint density at radius 2 is 1.62 bits per heavy atom. The normalized spacial score (nSPS) is 11.9. The van der Waals surface area contributed by atoms with Gasteiger partial charge in [-0.05, 0) is 12.8 Å². The lowest BCUT2D eigenvalue weighted by Crippen LogP contribution is -2.27. The van der Waals surface area contributed by atoms with Gasteiger partial charge in [-0.3, -0.25) is 14.4 Å². The van der Waals surface area contributed by atoms with Gasteiger partial charge < -0.3 is 4.74 Å². The van der Waals surface area contributed by atoms with E-state index < -0.39 is 11.9 Å². The fraction of sp³-hybridized carbons (Fsp3) is 0.750. The zero-order valence-electron chi connectivity index (χ0n) is 10.2. The average molecular weight is 228 g/mol. The van der Waals surface area contributed by atoms with Gasteiger partial charge in [-0.2, -0.15) is 0 Å². The lowest BCUT2D eigenvalue weighted by atomic mass is 9.93. The van der Waals surface area contributed by atoms with Crippen LogP contribution in [0.5, 0.6) is 0 Å². The Labute approximate surface area is 96.4 Å². The predicted molar refractivity (Wildman–Crippen MR) is 60.0 cm³/mol. The molecule has 0 fully saturated rings. The van der Waals surface area contributed by atoms with Crippen molar-refractivity contribution in [2.45, 2.75) is 46.0 Å². The lowest BCUT2D eigenvalue weighted by Gasteiger charge is -2.12. The smallest absolute Gasteiger partial charge is 0.316 e. The van der Waals surface area contributed by atoms with E-state index in [0.29, 0.717) is 19.3 Å². The quantitative estimate of drug-likeness (QED) is 0.470. The summed E-state index contributed by atoms with van der Waals surface area (Å²) in [7, 11) is 1.23. The third-order valence-electron chi connectivity index (χ3n) is 2.33. The van der Waals surface area contributed by atoms with Gasteiger partial charge in [-0.15, -0.1) is 0 Å². The number of Topliss-reactive ketones (excluding diaryl/α,β-unsaturated/α-hetero) is 2. The topological polar surface area (TPSA) is 60.4 Å². The molecule has 0 radical (unpaired) electrons. The number of hydrogen-bond donors (Lipinski definition) is 0. The van der Waals surface area contributed by atoms with Crippen molar-refractivity contribution in [1.82, 2.24) is 0 Å². The first-order valence-electron chi connectivity index (χ1n) is 5.69. The van der Waals surface area contributed by atoms with Crippen LogP contribution >= 0.6 is 0 Å². The highest BCUT2D eigenvalue weighted by Crippen LogP contribution is 2.13. The lowest BCUT2D eigenvalue weighted by molar-refractivity contribution is -0.151. The van der Waals surface area contributed by atoms with Crippen molar-refractivity contribution in [3.63, 3.8) is 0 Å². The number of ether oxygens (including phenoxy) is 1. The van der Waals surface area contributed by atoms with E-state index in [1.165, 1.54) is 7.11 Å². The van der Waals surface area contributed by atoms with Crippen molar-refractivity contribution in [3.05, 3.63) is 0 Å². The van der Waals surface area contributed by atoms with Crippen LogP contribution in [0.25, 0.3) is 0 Å². The van der Waals surface area contributed by atoms with Crippen LogP contribution in [0.4, 0.5) is 0 Å². The van der Waals surface area contributed by atoms with E-state index in [2.05, 4.69) is 4.74 Å². The van der Waals surface area contributed by atoms with Gasteiger partial charge in [0.15, 0.2) is 0 Å². The minimum absolute atomic E-state index is 0.0145. The molecule has 92 valence electrons. The maximum atomic E-state index is 11.6. The maximum absolute atomic E-state index is 11.6. The van der Waals surface area contributed by atoms with E-state index in [1.807, 2.05) is 13.8 Å². The van der Waals surface area contributed by atoms with Crippen LogP contribution in [-0.4, -0.2) is 24.6 Å². The number of carbonyl (C=O) groups excluding carboxylic acids is 3. The van der Waals surface area contributed by atoms with Gasteiger partial charge in [0.1, 0.15) is 17.5 Å². The van der Waals surface area contributed by atoms with Crippen molar-refractivity contribution in [2.75, 3.05) is 7.11 Å². The van der Waals surface area contributed by atoms with E-state index >= 15 is 0 Å². The van der Waals surface area contributed by atoms with E-state index in [4.69, 9.17) is 0 Å². The maximum Gasteiger partial charge on any atom is 0.316 e. The standard InChI is InChI=1S/C12H20O4/c1-4-6-9(13)8-10(12(15)16-3)11(14)7-5-2/h10H,4-8H2,1-3H3. The van der Waals surface area contributed by atoms with Crippen LogP contribution in [0.3, 0.4) is 0 Å². The minimum Gasteiger partial charge on any atom is -0.468 e. The molecule has 0 rings (SSSR count). The van der Waals surface area contributed by atoms with Crippen LogP contribution in [0.2, 0.25) is 0 Å². The Morgan fingerprint density at radius 3 is 2.06 bits per heavy atom. The molecule has 4 nitrogen and oxygen atoms in total. The Morgan fingerprint density at radius 1 is 1.06 bits per heavy atom. The van der Waals surface area contributed by atoms with Crippen molar-refractivity contribution in [3.8, 4) is 0 Å². The van der Waals surface area contributed by atoms with Crippen molar-refractivity contribution in [1.29, 1.82) is 0 Å². The van der Waals surface area contributed by atoms with Gasteiger partial charge in [0.2, 0.25) is 0 Å². The van der Waals surface area contributed by atoms with Crippen LogP contribution in [0, 0.1) is 5.92 Å². The van der Waals surface area contributed by atoms with Crippen molar-refractivity contribution < 1.29 is 19.1 Å². The van der Waals surface area contributed by atoms with Crippen LogP contribution in [0.1, 0.15) is 46.0 Å². The molecule has 1 unspecified atom stereocenters. The molecule has 0 aromatic heterocycles. The molecule has 0 N–H and O–H groups in total. The molecule has 0 aliphatic rings. The second-order valence-corrected chi connectivity index (χ2v) is 3.78. The number of hydrogen-bond acceptors (Lipinski definition) is 4. The van der Waals surface area contributed by atoms with Crippen LogP contribution in [0.15, 0.2) is 0 Å². The van der Waals surface area contributed by atoms with Gasteiger partial charge >= 0.3 is 5.97 Å². The number of ketones is 2. The summed E-state index contributed by atoms with van der Waals surface area (Å²) in [4.78, 5) is 34.4. The van der Waals surface area contributed by atoms with E-state index in [9.17, 15) is 14.4 Å². The van der Waals surface area contributed by atoms with Crippen molar-refractivity contribution in [2.24, 2.45) is 5.92 Å². The Balaban J connectivity index is 4.49. The average Bonchev–Trinajstić information content (AvgIpc) is 2.25. The Bertz CT molecular complexity index is 258. The SMILES string of the molecule is CCCC(=O)CC(C(=O)CCC)C(=O)OC. The second-order valence-electron chi connectivity index (χ2n) is 3.78. The van der Waals surface area contributed by atoms with Crippen molar-refractivity contribution >= 4 is 17.5 Å². The zero-order chi connectivity index (χ0) is 12.6. The van der Waals surface area contributed by atoms with E-state index in [1.54, 1.807) is 0 Å². The molecule has 1 atom stereocenters. The zero-order valence-corrected chi connectivity index (χ0v) is 10.2. The Hall–Kier alpha value is -1.19. The number of rotatable bonds is 8. The number of esters is 1. The molecule has 0 aromatic rings. The van der Waals surface area contributed by atoms with Gasteiger partial charge in [-0.1, -0.05) is 13.8 Å². The fourth-order valence-electron chi connectivity index (χ4n) is 1.50. The summed E-state index contributed by atoms with van der Waals surface area (Å²) < 4.78 is 4.55. The summed E-state index contributed by atoms with van der Waals surface area (Å²) in [6, 6.07) is 0. The molecule has 0 saturated carbocycles. The first kappa shape index (κ1) is 14.8. The molecule has 0 saturated heterocycles. The Kier molecular flexibility index (Phi) is 7.42. The molecule has 0 heterocycles. The highest BCUT2D eigenvalue weighted by atomic mass is 16.5. The predicted octanol–water partition coefficient (Wildman–Crippen LogP) is 1.90. The third-order valence-corrected chi connectivity index (χ3v) is 2.33. The molecular formula is C12H20O4. The third kappa shape index (κ3) is 5.05. The van der Waals surface area contributed by atoms with Gasteiger partial charge in [0.05, 0.1) is 7.11 Å². The summed E-state index contributed by atoms with van der Waals surface area (Å²) >= 11 is 0. The minimum atomic E-state index is -0.899. The van der Waals surface area contributed by atoms with Gasteiger partial charge in [0, 0.05) is 19.3 Å². The van der Waals surface area contributed by atoms with Gasteiger partial charge in [0.25, 0.3) is 0 Å². The van der Waals surface area contributed by atoms with Crippen LogP contribution < -0.4 is 0 Å². The number of carbonyl (C=O) groups is 3. The summed E-state index contributed by atoms with van der Waals surface area (Å²) in [5, 5.41) is 0. The first-order chi connectivity index (χ1) is 7.56. The monoisotopic (exact) mass is 228 g/mol. The highest BCUT2D eigenvalue weighted by molar-refractivity contribution is 6.02. The summed E-state index contributed by atoms with van der Waals surface area (Å²) in [6.07, 6.45) is 2.12. The first-order valence-corrected chi connectivity index (χ1v) is 5.69. The second kappa shape index (κ2) is 8.02. The molecule has 0 aliphatic carbocycles.